The highest BCUT2D eigenvalue weighted by Crippen LogP contribution is 2.05. The van der Waals surface area contributed by atoms with Crippen molar-refractivity contribution in [2.75, 3.05) is 19.5 Å². The van der Waals surface area contributed by atoms with Gasteiger partial charge in [0.05, 0.1) is 0 Å². The first-order valence-corrected chi connectivity index (χ1v) is 5.49. The SMILES string of the molecule is COCc1cc(C(=O)NCC(C)CCl)no1. The van der Waals surface area contributed by atoms with Gasteiger partial charge in [-0.2, -0.15) is 0 Å². The van der Waals surface area contributed by atoms with Gasteiger partial charge in [-0.1, -0.05) is 12.1 Å². The van der Waals surface area contributed by atoms with Gasteiger partial charge in [-0.15, -0.1) is 11.6 Å². The van der Waals surface area contributed by atoms with Gasteiger partial charge in [-0.3, -0.25) is 4.79 Å². The van der Waals surface area contributed by atoms with Crippen LogP contribution in [0.25, 0.3) is 0 Å². The molecule has 0 saturated carbocycles. The molecule has 1 N–H and O–H groups in total. The summed E-state index contributed by atoms with van der Waals surface area (Å²) >= 11 is 5.62. The molecular formula is C10H15ClN2O3. The van der Waals surface area contributed by atoms with Crippen LogP contribution in [0, 0.1) is 5.92 Å². The van der Waals surface area contributed by atoms with Gasteiger partial charge in [0.1, 0.15) is 6.61 Å². The molecule has 0 bridgehead atoms. The van der Waals surface area contributed by atoms with E-state index in [2.05, 4.69) is 10.5 Å². The fourth-order valence-electron chi connectivity index (χ4n) is 1.04. The van der Waals surface area contributed by atoms with Crippen LogP contribution in [-0.2, 0) is 11.3 Å². The molecule has 1 atom stereocenters. The standard InChI is InChI=1S/C10H15ClN2O3/c1-7(4-11)5-12-10(14)9-3-8(6-15-2)16-13-9/h3,7H,4-6H2,1-2H3,(H,12,14). The number of hydrogen-bond acceptors (Lipinski definition) is 4. The van der Waals surface area contributed by atoms with E-state index in [9.17, 15) is 4.79 Å². The van der Waals surface area contributed by atoms with E-state index in [1.165, 1.54) is 0 Å². The molecule has 1 aromatic heterocycles. The maximum atomic E-state index is 11.6. The van der Waals surface area contributed by atoms with Crippen molar-refractivity contribution in [3.8, 4) is 0 Å². The molecule has 16 heavy (non-hydrogen) atoms. The number of halogens is 1. The summed E-state index contributed by atoms with van der Waals surface area (Å²) in [5.74, 6) is 1.01. The number of carbonyl (C=O) groups excluding carboxylic acids is 1. The van der Waals surface area contributed by atoms with Gasteiger partial charge >= 0.3 is 0 Å². The predicted octanol–water partition coefficient (Wildman–Crippen LogP) is 1.43. The third-order valence-electron chi connectivity index (χ3n) is 1.95. The third-order valence-corrected chi connectivity index (χ3v) is 2.48. The monoisotopic (exact) mass is 246 g/mol. The zero-order valence-corrected chi connectivity index (χ0v) is 10.1. The number of amides is 1. The molecule has 0 fully saturated rings. The maximum absolute atomic E-state index is 11.6. The lowest BCUT2D eigenvalue weighted by Gasteiger charge is -2.07. The molecular weight excluding hydrogens is 232 g/mol. The minimum Gasteiger partial charge on any atom is -0.377 e. The molecule has 0 spiro atoms. The summed E-state index contributed by atoms with van der Waals surface area (Å²) in [6.45, 7) is 2.78. The second kappa shape index (κ2) is 6.50. The van der Waals surface area contributed by atoms with Crippen LogP contribution >= 0.6 is 11.6 Å². The Morgan fingerprint density at radius 1 is 1.75 bits per heavy atom. The van der Waals surface area contributed by atoms with Gasteiger partial charge in [-0.05, 0) is 5.92 Å². The fraction of sp³-hybridized carbons (Fsp3) is 0.600. The Balaban J connectivity index is 2.46. The van der Waals surface area contributed by atoms with Gasteiger partial charge in [-0.25, -0.2) is 0 Å². The molecule has 0 saturated heterocycles. The van der Waals surface area contributed by atoms with Crippen molar-refractivity contribution in [1.82, 2.24) is 10.5 Å². The predicted molar refractivity (Wildman–Crippen MR) is 59.4 cm³/mol. The minimum atomic E-state index is -0.261. The molecule has 90 valence electrons. The number of alkyl halides is 1. The number of nitrogens with zero attached hydrogens (tertiary/aromatic N) is 1. The molecule has 1 amide bonds. The Morgan fingerprint density at radius 3 is 3.12 bits per heavy atom. The van der Waals surface area contributed by atoms with Crippen LogP contribution in [0.1, 0.15) is 23.2 Å². The molecule has 0 radical (unpaired) electrons. The Hall–Kier alpha value is -1.07. The van der Waals surface area contributed by atoms with Gasteiger partial charge in [0.2, 0.25) is 0 Å². The number of methoxy groups -OCH3 is 1. The highest BCUT2D eigenvalue weighted by atomic mass is 35.5. The van der Waals surface area contributed by atoms with Gasteiger partial charge in [0, 0.05) is 25.6 Å². The van der Waals surface area contributed by atoms with Gasteiger partial charge < -0.3 is 14.6 Å². The van der Waals surface area contributed by atoms with Crippen molar-refractivity contribution in [3.63, 3.8) is 0 Å². The van der Waals surface area contributed by atoms with Crippen LogP contribution < -0.4 is 5.32 Å². The van der Waals surface area contributed by atoms with Crippen LogP contribution in [0.3, 0.4) is 0 Å². The van der Waals surface area contributed by atoms with E-state index in [0.717, 1.165) is 0 Å². The number of ether oxygens (including phenoxy) is 1. The quantitative estimate of drug-likeness (QED) is 0.772. The van der Waals surface area contributed by atoms with Crippen LogP contribution in [-0.4, -0.2) is 30.6 Å². The van der Waals surface area contributed by atoms with Crippen molar-refractivity contribution in [3.05, 3.63) is 17.5 Å². The molecule has 0 aromatic carbocycles. The van der Waals surface area contributed by atoms with Crippen molar-refractivity contribution in [2.24, 2.45) is 5.92 Å². The Labute approximate surface area is 99.1 Å². The molecule has 1 heterocycles. The summed E-state index contributed by atoms with van der Waals surface area (Å²) in [6.07, 6.45) is 0. The van der Waals surface area contributed by atoms with E-state index in [1.807, 2.05) is 6.92 Å². The highest BCUT2D eigenvalue weighted by molar-refractivity contribution is 6.18. The van der Waals surface area contributed by atoms with Crippen molar-refractivity contribution in [1.29, 1.82) is 0 Å². The van der Waals surface area contributed by atoms with Crippen molar-refractivity contribution >= 4 is 17.5 Å². The molecule has 1 aromatic rings. The Bertz CT molecular complexity index is 341. The second-order valence-corrected chi connectivity index (χ2v) is 3.89. The highest BCUT2D eigenvalue weighted by Gasteiger charge is 2.12. The normalized spacial score (nSPS) is 12.4. The Kier molecular flexibility index (Phi) is 5.28. The second-order valence-electron chi connectivity index (χ2n) is 3.58. The maximum Gasteiger partial charge on any atom is 0.273 e. The molecule has 1 rings (SSSR count). The number of rotatable bonds is 6. The lowest BCUT2D eigenvalue weighted by atomic mass is 10.2. The minimum absolute atomic E-state index is 0.232. The molecule has 5 nitrogen and oxygen atoms in total. The van der Waals surface area contributed by atoms with E-state index in [1.54, 1.807) is 13.2 Å². The van der Waals surface area contributed by atoms with Crippen LogP contribution in [0.2, 0.25) is 0 Å². The first kappa shape index (κ1) is 13.0. The van der Waals surface area contributed by atoms with Gasteiger partial charge in [0.15, 0.2) is 11.5 Å². The average Bonchev–Trinajstić information content (AvgIpc) is 2.74. The number of nitrogens with one attached hydrogen (secondary N) is 1. The van der Waals surface area contributed by atoms with Crippen molar-refractivity contribution < 1.29 is 14.1 Å². The van der Waals surface area contributed by atoms with E-state index in [0.29, 0.717) is 24.8 Å². The molecule has 1 unspecified atom stereocenters. The summed E-state index contributed by atoms with van der Waals surface area (Å²) in [5.41, 5.74) is 0.258. The first-order valence-electron chi connectivity index (χ1n) is 4.96. The average molecular weight is 247 g/mol. The summed E-state index contributed by atoms with van der Waals surface area (Å²) < 4.78 is 9.75. The summed E-state index contributed by atoms with van der Waals surface area (Å²) in [7, 11) is 1.55. The van der Waals surface area contributed by atoms with E-state index >= 15 is 0 Å². The van der Waals surface area contributed by atoms with Crippen LogP contribution in [0.15, 0.2) is 10.6 Å². The number of aromatic nitrogens is 1. The van der Waals surface area contributed by atoms with E-state index < -0.39 is 0 Å². The lowest BCUT2D eigenvalue weighted by Crippen LogP contribution is -2.29. The van der Waals surface area contributed by atoms with Crippen LogP contribution in [0.4, 0.5) is 0 Å². The van der Waals surface area contributed by atoms with E-state index in [-0.39, 0.29) is 17.5 Å². The smallest absolute Gasteiger partial charge is 0.273 e. The molecule has 0 aliphatic rings. The molecule has 0 aliphatic carbocycles. The lowest BCUT2D eigenvalue weighted by molar-refractivity contribution is 0.0939. The molecule has 0 aliphatic heterocycles. The fourth-order valence-corrected chi connectivity index (χ4v) is 1.15. The molecule has 6 heteroatoms. The summed E-state index contributed by atoms with van der Waals surface area (Å²) in [6, 6.07) is 1.56. The number of hydrogen-bond donors (Lipinski definition) is 1. The zero-order valence-electron chi connectivity index (χ0n) is 9.33. The zero-order chi connectivity index (χ0) is 12.0. The van der Waals surface area contributed by atoms with Gasteiger partial charge in [0.25, 0.3) is 5.91 Å². The van der Waals surface area contributed by atoms with Crippen LogP contribution in [0.5, 0.6) is 0 Å². The largest absolute Gasteiger partial charge is 0.377 e. The summed E-state index contributed by atoms with van der Waals surface area (Å²) in [4.78, 5) is 11.6. The first-order chi connectivity index (χ1) is 7.67. The number of carbonyl (C=O) groups is 1. The summed E-state index contributed by atoms with van der Waals surface area (Å²) in [5, 5.41) is 6.36. The Morgan fingerprint density at radius 2 is 2.50 bits per heavy atom. The van der Waals surface area contributed by atoms with Crippen molar-refractivity contribution in [2.45, 2.75) is 13.5 Å². The van der Waals surface area contributed by atoms with E-state index in [4.69, 9.17) is 20.9 Å². The topological polar surface area (TPSA) is 64.4 Å². The third kappa shape index (κ3) is 3.83.